The van der Waals surface area contributed by atoms with Crippen LogP contribution >= 0.6 is 23.2 Å². The van der Waals surface area contributed by atoms with Crippen molar-refractivity contribution in [3.63, 3.8) is 0 Å². The predicted octanol–water partition coefficient (Wildman–Crippen LogP) is 3.94. The van der Waals surface area contributed by atoms with Gasteiger partial charge in [-0.3, -0.25) is 9.88 Å². The monoisotopic (exact) mass is 360 g/mol. The first-order chi connectivity index (χ1) is 11.7. The molecule has 1 aromatic carbocycles. The molecule has 3 heterocycles. The van der Waals surface area contributed by atoms with Crippen LogP contribution in [-0.2, 0) is 6.54 Å². The number of benzene rings is 1. The molecule has 0 atom stereocenters. The van der Waals surface area contributed by atoms with Crippen molar-refractivity contribution in [2.75, 3.05) is 26.2 Å². The fourth-order valence-electron chi connectivity index (χ4n) is 3.18. The van der Waals surface area contributed by atoms with E-state index >= 15 is 0 Å². The first kappa shape index (κ1) is 15.9. The Balaban J connectivity index is 1.66. The van der Waals surface area contributed by atoms with Gasteiger partial charge in [-0.15, -0.1) is 0 Å². The van der Waals surface area contributed by atoms with E-state index in [4.69, 9.17) is 23.2 Å². The second-order valence-electron chi connectivity index (χ2n) is 6.07. The van der Waals surface area contributed by atoms with Crippen LogP contribution in [-0.4, -0.2) is 41.0 Å². The quantitative estimate of drug-likeness (QED) is 0.743. The van der Waals surface area contributed by atoms with Crippen LogP contribution in [0.3, 0.4) is 0 Å². The lowest BCUT2D eigenvalue weighted by atomic mass is 10.1. The van der Waals surface area contributed by atoms with E-state index in [1.54, 1.807) is 6.07 Å². The Labute approximate surface area is 150 Å². The molecule has 24 heavy (non-hydrogen) atoms. The van der Waals surface area contributed by atoms with E-state index < -0.39 is 0 Å². The Morgan fingerprint density at radius 2 is 1.96 bits per heavy atom. The summed E-state index contributed by atoms with van der Waals surface area (Å²) in [6.45, 7) is 5.18. The molecule has 0 aliphatic carbocycles. The van der Waals surface area contributed by atoms with Gasteiger partial charge in [-0.05, 0) is 17.7 Å². The molecule has 1 saturated heterocycles. The van der Waals surface area contributed by atoms with E-state index in [-0.39, 0.29) is 0 Å². The van der Waals surface area contributed by atoms with Crippen LogP contribution in [0, 0.1) is 0 Å². The number of pyridine rings is 1. The maximum atomic E-state index is 6.36. The topological polar surface area (TPSA) is 44.0 Å². The summed E-state index contributed by atoms with van der Waals surface area (Å²) in [5.74, 6) is 0. The van der Waals surface area contributed by atoms with Gasteiger partial charge in [0.05, 0.1) is 21.1 Å². The molecular weight excluding hydrogens is 343 g/mol. The zero-order valence-electron chi connectivity index (χ0n) is 13.1. The SMILES string of the molecule is Clc1cccc(-c2c[nH]c3cc(CN4CCNCC4)cnc23)c1Cl. The highest BCUT2D eigenvalue weighted by Gasteiger charge is 2.14. The van der Waals surface area contributed by atoms with Crippen LogP contribution in [0.5, 0.6) is 0 Å². The fraction of sp³-hybridized carbons (Fsp3) is 0.278. The normalized spacial score (nSPS) is 15.9. The van der Waals surface area contributed by atoms with Gasteiger partial charge in [-0.25, -0.2) is 0 Å². The van der Waals surface area contributed by atoms with E-state index in [9.17, 15) is 0 Å². The van der Waals surface area contributed by atoms with E-state index in [1.807, 2.05) is 24.5 Å². The third-order valence-electron chi connectivity index (χ3n) is 4.43. The number of H-pyrrole nitrogens is 1. The van der Waals surface area contributed by atoms with Crippen LogP contribution in [0.2, 0.25) is 10.0 Å². The molecular formula is C18H18Cl2N4. The zero-order valence-corrected chi connectivity index (χ0v) is 14.7. The molecule has 4 rings (SSSR count). The molecule has 0 spiro atoms. The van der Waals surface area contributed by atoms with Gasteiger partial charge < -0.3 is 10.3 Å². The zero-order chi connectivity index (χ0) is 16.5. The molecule has 0 radical (unpaired) electrons. The first-order valence-electron chi connectivity index (χ1n) is 8.06. The minimum absolute atomic E-state index is 0.554. The molecule has 3 aromatic rings. The highest BCUT2D eigenvalue weighted by molar-refractivity contribution is 6.43. The van der Waals surface area contributed by atoms with Gasteiger partial charge in [0.1, 0.15) is 0 Å². The summed E-state index contributed by atoms with van der Waals surface area (Å²) in [5, 5.41) is 4.49. The first-order valence-corrected chi connectivity index (χ1v) is 8.81. The van der Waals surface area contributed by atoms with Crippen molar-refractivity contribution in [3.8, 4) is 11.1 Å². The second-order valence-corrected chi connectivity index (χ2v) is 6.85. The van der Waals surface area contributed by atoms with Crippen LogP contribution in [0.25, 0.3) is 22.2 Å². The number of piperazine rings is 1. The number of aromatic nitrogens is 2. The second kappa shape index (κ2) is 6.73. The molecule has 4 nitrogen and oxygen atoms in total. The van der Waals surface area contributed by atoms with Crippen molar-refractivity contribution in [1.29, 1.82) is 0 Å². The summed E-state index contributed by atoms with van der Waals surface area (Å²) in [7, 11) is 0. The maximum Gasteiger partial charge on any atom is 0.0957 e. The van der Waals surface area contributed by atoms with Gasteiger partial charge >= 0.3 is 0 Å². The summed E-state index contributed by atoms with van der Waals surface area (Å²) in [6, 6.07) is 7.84. The lowest BCUT2D eigenvalue weighted by molar-refractivity contribution is 0.233. The Bertz CT molecular complexity index is 869. The summed E-state index contributed by atoms with van der Waals surface area (Å²) >= 11 is 12.5. The van der Waals surface area contributed by atoms with Crippen molar-refractivity contribution >= 4 is 34.2 Å². The summed E-state index contributed by atoms with van der Waals surface area (Å²) in [6.07, 6.45) is 3.91. The summed E-state index contributed by atoms with van der Waals surface area (Å²) in [4.78, 5) is 10.4. The Morgan fingerprint density at radius 3 is 2.79 bits per heavy atom. The molecule has 0 unspecified atom stereocenters. The number of hydrogen-bond donors (Lipinski definition) is 2. The van der Waals surface area contributed by atoms with E-state index in [0.717, 1.165) is 54.9 Å². The Hall–Kier alpha value is -1.59. The lowest BCUT2D eigenvalue weighted by Crippen LogP contribution is -2.42. The Kier molecular flexibility index (Phi) is 4.46. The average molecular weight is 361 g/mol. The minimum Gasteiger partial charge on any atom is -0.359 e. The number of aromatic amines is 1. The number of nitrogens with zero attached hydrogens (tertiary/aromatic N) is 2. The third kappa shape index (κ3) is 3.03. The smallest absolute Gasteiger partial charge is 0.0957 e. The lowest BCUT2D eigenvalue weighted by Gasteiger charge is -2.27. The van der Waals surface area contributed by atoms with Gasteiger partial charge in [-0.2, -0.15) is 0 Å². The molecule has 0 saturated carbocycles. The predicted molar refractivity (Wildman–Crippen MR) is 99.7 cm³/mol. The van der Waals surface area contributed by atoms with Crippen LogP contribution < -0.4 is 5.32 Å². The van der Waals surface area contributed by atoms with E-state index in [1.165, 1.54) is 5.56 Å². The molecule has 0 amide bonds. The van der Waals surface area contributed by atoms with E-state index in [0.29, 0.717) is 10.0 Å². The molecule has 1 aliphatic rings. The van der Waals surface area contributed by atoms with Gasteiger partial charge in [-0.1, -0.05) is 35.3 Å². The van der Waals surface area contributed by atoms with Crippen molar-refractivity contribution in [2.24, 2.45) is 0 Å². The van der Waals surface area contributed by atoms with Crippen LogP contribution in [0.15, 0.2) is 36.7 Å². The summed E-state index contributed by atoms with van der Waals surface area (Å²) in [5.41, 5.74) is 5.04. The number of hydrogen-bond acceptors (Lipinski definition) is 3. The number of nitrogens with one attached hydrogen (secondary N) is 2. The molecule has 6 heteroatoms. The largest absolute Gasteiger partial charge is 0.359 e. The van der Waals surface area contributed by atoms with E-state index in [2.05, 4.69) is 26.3 Å². The number of fused-ring (bicyclic) bond motifs is 1. The van der Waals surface area contributed by atoms with Gasteiger partial charge in [0, 0.05) is 56.2 Å². The molecule has 1 fully saturated rings. The molecule has 124 valence electrons. The van der Waals surface area contributed by atoms with Gasteiger partial charge in [0.2, 0.25) is 0 Å². The minimum atomic E-state index is 0.554. The molecule has 2 N–H and O–H groups in total. The highest BCUT2D eigenvalue weighted by Crippen LogP contribution is 2.36. The molecule has 2 aromatic heterocycles. The van der Waals surface area contributed by atoms with Crippen molar-refractivity contribution in [3.05, 3.63) is 52.3 Å². The van der Waals surface area contributed by atoms with Crippen LogP contribution in [0.1, 0.15) is 5.56 Å². The Morgan fingerprint density at radius 1 is 1.12 bits per heavy atom. The summed E-state index contributed by atoms with van der Waals surface area (Å²) < 4.78 is 0. The highest BCUT2D eigenvalue weighted by atomic mass is 35.5. The maximum absolute atomic E-state index is 6.36. The molecule has 1 aliphatic heterocycles. The standard InChI is InChI=1S/C18H18Cl2N4/c19-15-3-1-2-13(17(15)20)14-10-22-16-8-12(9-23-18(14)16)11-24-6-4-21-5-7-24/h1-3,8-10,21-22H,4-7,11H2. The van der Waals surface area contributed by atoms with Gasteiger partial charge in [0.25, 0.3) is 0 Å². The average Bonchev–Trinajstić information content (AvgIpc) is 3.01. The van der Waals surface area contributed by atoms with Crippen molar-refractivity contribution in [1.82, 2.24) is 20.2 Å². The van der Waals surface area contributed by atoms with Crippen LogP contribution in [0.4, 0.5) is 0 Å². The third-order valence-corrected chi connectivity index (χ3v) is 5.25. The number of rotatable bonds is 3. The number of halogens is 2. The fourth-order valence-corrected chi connectivity index (χ4v) is 3.58. The molecule has 0 bridgehead atoms. The van der Waals surface area contributed by atoms with Gasteiger partial charge in [0.15, 0.2) is 0 Å². The van der Waals surface area contributed by atoms with Crippen molar-refractivity contribution < 1.29 is 0 Å². The van der Waals surface area contributed by atoms with Crippen molar-refractivity contribution in [2.45, 2.75) is 6.54 Å².